The van der Waals surface area contributed by atoms with Crippen LogP contribution in [0.15, 0.2) is 24.4 Å². The van der Waals surface area contributed by atoms with Gasteiger partial charge >= 0.3 is 0 Å². The van der Waals surface area contributed by atoms with Crippen molar-refractivity contribution in [1.82, 2.24) is 15.3 Å². The predicted molar refractivity (Wildman–Crippen MR) is 76.4 cm³/mol. The standard InChI is InChI=1S/C13H12Cl2N4/c1-7-16-5-8-6-17-13(19-12(8)18-7)10-3-2-9(14)4-11(10)15/h2-5,13,17H,6H2,1H3,(H,16,18,19). The maximum Gasteiger partial charge on any atom is 0.135 e. The molecule has 0 fully saturated rings. The Morgan fingerprint density at radius 3 is 2.95 bits per heavy atom. The van der Waals surface area contributed by atoms with E-state index in [1.54, 1.807) is 6.07 Å². The molecule has 2 aromatic rings. The molecule has 98 valence electrons. The molecule has 1 aliphatic heterocycles. The molecule has 3 rings (SSSR count). The Morgan fingerprint density at radius 2 is 2.16 bits per heavy atom. The van der Waals surface area contributed by atoms with Crippen LogP contribution in [0.1, 0.15) is 23.1 Å². The van der Waals surface area contributed by atoms with Gasteiger partial charge in [-0.05, 0) is 19.1 Å². The van der Waals surface area contributed by atoms with Crippen molar-refractivity contribution in [2.45, 2.75) is 19.6 Å². The highest BCUT2D eigenvalue weighted by molar-refractivity contribution is 6.35. The summed E-state index contributed by atoms with van der Waals surface area (Å²) in [6.45, 7) is 2.57. The number of rotatable bonds is 1. The van der Waals surface area contributed by atoms with E-state index in [2.05, 4.69) is 20.6 Å². The minimum absolute atomic E-state index is 0.0773. The van der Waals surface area contributed by atoms with Crippen LogP contribution in [0.4, 0.5) is 5.82 Å². The summed E-state index contributed by atoms with van der Waals surface area (Å²) in [4.78, 5) is 8.59. The predicted octanol–water partition coefficient (Wildman–Crippen LogP) is 3.31. The summed E-state index contributed by atoms with van der Waals surface area (Å²) >= 11 is 12.1. The topological polar surface area (TPSA) is 49.8 Å². The van der Waals surface area contributed by atoms with Gasteiger partial charge in [0.05, 0.1) is 0 Å². The maximum absolute atomic E-state index is 6.22. The number of aryl methyl sites for hydroxylation is 1. The lowest BCUT2D eigenvalue weighted by Gasteiger charge is -2.28. The van der Waals surface area contributed by atoms with Gasteiger partial charge in [0.2, 0.25) is 0 Å². The molecule has 6 heteroatoms. The second-order valence-corrected chi connectivity index (χ2v) is 5.26. The summed E-state index contributed by atoms with van der Waals surface area (Å²) in [5, 5.41) is 7.94. The van der Waals surface area contributed by atoms with E-state index in [0.29, 0.717) is 16.6 Å². The number of fused-ring (bicyclic) bond motifs is 1. The van der Waals surface area contributed by atoms with Gasteiger partial charge in [0, 0.05) is 33.9 Å². The van der Waals surface area contributed by atoms with Crippen LogP contribution in [-0.2, 0) is 6.54 Å². The first-order valence-electron chi connectivity index (χ1n) is 5.91. The Balaban J connectivity index is 1.93. The maximum atomic E-state index is 6.22. The lowest BCUT2D eigenvalue weighted by atomic mass is 10.1. The molecule has 1 unspecified atom stereocenters. The van der Waals surface area contributed by atoms with Crippen molar-refractivity contribution in [3.05, 3.63) is 51.4 Å². The van der Waals surface area contributed by atoms with Gasteiger partial charge in [0.15, 0.2) is 0 Å². The van der Waals surface area contributed by atoms with E-state index < -0.39 is 0 Å². The van der Waals surface area contributed by atoms with Gasteiger partial charge in [-0.2, -0.15) is 0 Å². The first-order valence-corrected chi connectivity index (χ1v) is 6.66. The van der Waals surface area contributed by atoms with Gasteiger partial charge in [-0.15, -0.1) is 0 Å². The number of nitrogens with one attached hydrogen (secondary N) is 2. The van der Waals surface area contributed by atoms with Crippen LogP contribution in [0.2, 0.25) is 10.0 Å². The van der Waals surface area contributed by atoms with Crippen LogP contribution < -0.4 is 10.6 Å². The van der Waals surface area contributed by atoms with Crippen molar-refractivity contribution in [2.75, 3.05) is 5.32 Å². The van der Waals surface area contributed by atoms with Crippen molar-refractivity contribution in [2.24, 2.45) is 0 Å². The fourth-order valence-electron chi connectivity index (χ4n) is 2.07. The number of hydrogen-bond acceptors (Lipinski definition) is 4. The van der Waals surface area contributed by atoms with Crippen LogP contribution in [0, 0.1) is 6.92 Å². The number of aromatic nitrogens is 2. The van der Waals surface area contributed by atoms with Crippen LogP contribution in [0.25, 0.3) is 0 Å². The third-order valence-corrected chi connectivity index (χ3v) is 3.60. The van der Waals surface area contributed by atoms with Crippen LogP contribution in [0.3, 0.4) is 0 Å². The smallest absolute Gasteiger partial charge is 0.135 e. The summed E-state index contributed by atoms with van der Waals surface area (Å²) in [5.41, 5.74) is 2.00. The molecule has 1 aliphatic rings. The number of hydrogen-bond donors (Lipinski definition) is 2. The summed E-state index contributed by atoms with van der Waals surface area (Å²) in [7, 11) is 0. The Hall–Kier alpha value is -1.36. The van der Waals surface area contributed by atoms with E-state index in [4.69, 9.17) is 23.2 Å². The number of benzene rings is 1. The van der Waals surface area contributed by atoms with Crippen molar-refractivity contribution >= 4 is 29.0 Å². The molecule has 0 bridgehead atoms. The molecule has 1 atom stereocenters. The molecule has 0 amide bonds. The average molecular weight is 295 g/mol. The highest BCUT2D eigenvalue weighted by atomic mass is 35.5. The largest absolute Gasteiger partial charge is 0.350 e. The van der Waals surface area contributed by atoms with Crippen molar-refractivity contribution in [3.63, 3.8) is 0 Å². The van der Waals surface area contributed by atoms with Crippen molar-refractivity contribution in [1.29, 1.82) is 0 Å². The zero-order chi connectivity index (χ0) is 13.4. The third-order valence-electron chi connectivity index (χ3n) is 3.04. The first-order chi connectivity index (χ1) is 9.13. The molecule has 4 nitrogen and oxygen atoms in total. The fraction of sp³-hybridized carbons (Fsp3) is 0.231. The molecule has 0 radical (unpaired) electrons. The van der Waals surface area contributed by atoms with Gasteiger partial charge < -0.3 is 5.32 Å². The van der Waals surface area contributed by atoms with E-state index in [1.165, 1.54) is 0 Å². The SMILES string of the molecule is Cc1ncc2c(n1)NC(c1ccc(Cl)cc1Cl)NC2. The van der Waals surface area contributed by atoms with Crippen molar-refractivity contribution < 1.29 is 0 Å². The van der Waals surface area contributed by atoms with E-state index in [9.17, 15) is 0 Å². The Morgan fingerprint density at radius 1 is 1.32 bits per heavy atom. The van der Waals surface area contributed by atoms with Gasteiger partial charge in [-0.25, -0.2) is 9.97 Å². The summed E-state index contributed by atoms with van der Waals surface area (Å²) in [6.07, 6.45) is 1.75. The quantitative estimate of drug-likeness (QED) is 0.847. The number of nitrogens with zero attached hydrogens (tertiary/aromatic N) is 2. The Kier molecular flexibility index (Phi) is 3.31. The van der Waals surface area contributed by atoms with E-state index in [0.717, 1.165) is 22.8 Å². The molecule has 19 heavy (non-hydrogen) atoms. The first kappa shape index (κ1) is 12.7. The fourth-order valence-corrected chi connectivity index (χ4v) is 2.59. The number of halogens is 2. The average Bonchev–Trinajstić information content (AvgIpc) is 2.38. The molecule has 0 spiro atoms. The minimum atomic E-state index is -0.0773. The van der Waals surface area contributed by atoms with E-state index in [-0.39, 0.29) is 6.17 Å². The molecule has 1 aromatic carbocycles. The second kappa shape index (κ2) is 4.96. The van der Waals surface area contributed by atoms with Crippen LogP contribution >= 0.6 is 23.2 Å². The van der Waals surface area contributed by atoms with Crippen molar-refractivity contribution in [3.8, 4) is 0 Å². The zero-order valence-electron chi connectivity index (χ0n) is 10.2. The normalized spacial score (nSPS) is 17.7. The van der Waals surface area contributed by atoms with Crippen LogP contribution in [0.5, 0.6) is 0 Å². The minimum Gasteiger partial charge on any atom is -0.350 e. The monoisotopic (exact) mass is 294 g/mol. The summed E-state index contributed by atoms with van der Waals surface area (Å²) < 4.78 is 0. The number of anilines is 1. The van der Waals surface area contributed by atoms with E-state index in [1.807, 2.05) is 25.3 Å². The zero-order valence-corrected chi connectivity index (χ0v) is 11.8. The van der Waals surface area contributed by atoms with Gasteiger partial charge in [-0.1, -0.05) is 29.3 Å². The molecule has 0 saturated heterocycles. The highest BCUT2D eigenvalue weighted by Crippen LogP contribution is 2.30. The summed E-state index contributed by atoms with van der Waals surface area (Å²) in [6, 6.07) is 5.48. The molecule has 2 N–H and O–H groups in total. The molecule has 2 heterocycles. The highest BCUT2D eigenvalue weighted by Gasteiger charge is 2.21. The molecular weight excluding hydrogens is 283 g/mol. The Bertz CT molecular complexity index is 630. The van der Waals surface area contributed by atoms with Crippen LogP contribution in [-0.4, -0.2) is 9.97 Å². The summed E-state index contributed by atoms with van der Waals surface area (Å²) in [5.74, 6) is 1.59. The molecule has 1 aromatic heterocycles. The van der Waals surface area contributed by atoms with Gasteiger partial charge in [0.25, 0.3) is 0 Å². The van der Waals surface area contributed by atoms with E-state index >= 15 is 0 Å². The van der Waals surface area contributed by atoms with Gasteiger partial charge in [0.1, 0.15) is 17.8 Å². The van der Waals surface area contributed by atoms with Gasteiger partial charge in [-0.3, -0.25) is 5.32 Å². The molecule has 0 aliphatic carbocycles. The Labute approximate surface area is 121 Å². The second-order valence-electron chi connectivity index (χ2n) is 4.42. The third kappa shape index (κ3) is 2.52. The molecule has 0 saturated carbocycles. The lowest BCUT2D eigenvalue weighted by molar-refractivity contribution is 0.558. The lowest BCUT2D eigenvalue weighted by Crippen LogP contribution is -2.33. The molecular formula is C13H12Cl2N4.